The largest absolute Gasteiger partial charge is 0.504 e. The van der Waals surface area contributed by atoms with Crippen LogP contribution in [0.2, 0.25) is 0 Å². The van der Waals surface area contributed by atoms with Gasteiger partial charge in [0.1, 0.15) is 0 Å². The van der Waals surface area contributed by atoms with Crippen molar-refractivity contribution in [2.75, 3.05) is 0 Å². The number of carbonyl (C=O) groups is 1. The van der Waals surface area contributed by atoms with Crippen LogP contribution in [0.5, 0.6) is 23.0 Å². The van der Waals surface area contributed by atoms with Crippen molar-refractivity contribution < 1.29 is 24.9 Å². The second-order valence-electron chi connectivity index (χ2n) is 4.26. The normalized spacial score (nSPS) is 10.2. The molecule has 2 aromatic rings. The molecule has 5 nitrogen and oxygen atoms in total. The van der Waals surface area contributed by atoms with Crippen LogP contribution in [0.25, 0.3) is 0 Å². The highest BCUT2D eigenvalue weighted by atomic mass is 16.5. The van der Waals surface area contributed by atoms with Gasteiger partial charge in [0.2, 0.25) is 0 Å². The highest BCUT2D eigenvalue weighted by molar-refractivity contribution is 5.73. The number of phenolic OH excluding ortho intramolecular Hbond substituents is 3. The molecular formula is C15H14O5. The molecule has 0 saturated heterocycles. The molecule has 0 unspecified atom stereocenters. The van der Waals surface area contributed by atoms with Crippen molar-refractivity contribution in [1.82, 2.24) is 0 Å². The van der Waals surface area contributed by atoms with Gasteiger partial charge in [-0.05, 0) is 36.2 Å². The summed E-state index contributed by atoms with van der Waals surface area (Å²) in [6.07, 6.45) is 0.457. The highest BCUT2D eigenvalue weighted by Crippen LogP contribution is 2.26. The number of esters is 1. The minimum Gasteiger partial charge on any atom is -0.504 e. The summed E-state index contributed by atoms with van der Waals surface area (Å²) in [7, 11) is 0. The minimum absolute atomic E-state index is 0.0943. The number of hydrogen-bond donors (Lipinski definition) is 3. The zero-order chi connectivity index (χ0) is 14.5. The Kier molecular flexibility index (Phi) is 4.10. The number of ether oxygens (including phenoxy) is 1. The molecule has 0 aromatic heterocycles. The minimum atomic E-state index is -0.487. The topological polar surface area (TPSA) is 87.0 Å². The van der Waals surface area contributed by atoms with E-state index in [4.69, 9.17) is 4.74 Å². The van der Waals surface area contributed by atoms with Gasteiger partial charge in [-0.3, -0.25) is 4.79 Å². The fourth-order valence-corrected chi connectivity index (χ4v) is 1.69. The number of carbonyl (C=O) groups excluding carboxylic acids is 1. The Labute approximate surface area is 115 Å². The number of hydrogen-bond acceptors (Lipinski definition) is 5. The molecule has 2 aromatic carbocycles. The predicted octanol–water partition coefficient (Wildman–Crippen LogP) is 2.34. The lowest BCUT2D eigenvalue weighted by atomic mass is 10.1. The first kappa shape index (κ1) is 13.7. The van der Waals surface area contributed by atoms with Crippen LogP contribution in [0.3, 0.4) is 0 Å². The summed E-state index contributed by atoms with van der Waals surface area (Å²) in [5.41, 5.74) is 0.703. The third-order valence-electron chi connectivity index (χ3n) is 2.75. The quantitative estimate of drug-likeness (QED) is 0.452. The first-order chi connectivity index (χ1) is 9.56. The number of aryl methyl sites for hydroxylation is 1. The van der Waals surface area contributed by atoms with Gasteiger partial charge in [-0.15, -0.1) is 0 Å². The SMILES string of the molecule is O=C(CCc1ccc(O)c(O)c1)Oc1ccccc1O. The molecule has 0 amide bonds. The molecule has 0 spiro atoms. The van der Waals surface area contributed by atoms with Gasteiger partial charge in [0.15, 0.2) is 23.0 Å². The zero-order valence-corrected chi connectivity index (χ0v) is 10.6. The smallest absolute Gasteiger partial charge is 0.311 e. The first-order valence-electron chi connectivity index (χ1n) is 6.06. The number of para-hydroxylation sites is 2. The van der Waals surface area contributed by atoms with E-state index >= 15 is 0 Å². The standard InChI is InChI=1S/C15H14O5/c16-11-7-5-10(9-13(11)18)6-8-15(19)20-14-4-2-1-3-12(14)17/h1-5,7,9,16-18H,6,8H2. The fourth-order valence-electron chi connectivity index (χ4n) is 1.69. The van der Waals surface area contributed by atoms with Crippen molar-refractivity contribution in [2.45, 2.75) is 12.8 Å². The molecule has 3 N–H and O–H groups in total. The van der Waals surface area contributed by atoms with Crippen LogP contribution >= 0.6 is 0 Å². The number of rotatable bonds is 4. The molecule has 0 fully saturated rings. The Morgan fingerprint density at radius 3 is 2.40 bits per heavy atom. The molecule has 0 aliphatic rings. The average molecular weight is 274 g/mol. The maximum atomic E-state index is 11.6. The zero-order valence-electron chi connectivity index (χ0n) is 10.6. The Morgan fingerprint density at radius 1 is 0.950 bits per heavy atom. The van der Waals surface area contributed by atoms with Crippen molar-refractivity contribution in [2.24, 2.45) is 0 Å². The lowest BCUT2D eigenvalue weighted by Crippen LogP contribution is -2.09. The summed E-state index contributed by atoms with van der Waals surface area (Å²) >= 11 is 0. The van der Waals surface area contributed by atoms with Crippen molar-refractivity contribution in [3.63, 3.8) is 0 Å². The lowest BCUT2D eigenvalue weighted by Gasteiger charge is -2.06. The average Bonchev–Trinajstić information content (AvgIpc) is 2.43. The van der Waals surface area contributed by atoms with Gasteiger partial charge >= 0.3 is 5.97 Å². The third-order valence-corrected chi connectivity index (χ3v) is 2.75. The molecule has 0 heterocycles. The lowest BCUT2D eigenvalue weighted by molar-refractivity contribution is -0.134. The molecule has 5 heteroatoms. The Hall–Kier alpha value is -2.69. The fraction of sp³-hybridized carbons (Fsp3) is 0.133. The molecule has 0 saturated carbocycles. The van der Waals surface area contributed by atoms with Crippen LogP contribution in [-0.4, -0.2) is 21.3 Å². The van der Waals surface area contributed by atoms with E-state index in [1.165, 1.54) is 24.3 Å². The van der Waals surface area contributed by atoms with Crippen molar-refractivity contribution in [1.29, 1.82) is 0 Å². The van der Waals surface area contributed by atoms with Gasteiger partial charge in [0.05, 0.1) is 0 Å². The molecule has 0 radical (unpaired) electrons. The van der Waals surface area contributed by atoms with Gasteiger partial charge < -0.3 is 20.1 Å². The second kappa shape index (κ2) is 5.97. The molecule has 20 heavy (non-hydrogen) atoms. The second-order valence-corrected chi connectivity index (χ2v) is 4.26. The van der Waals surface area contributed by atoms with E-state index in [0.29, 0.717) is 12.0 Å². The summed E-state index contributed by atoms with van der Waals surface area (Å²) in [5.74, 6) is -0.893. The van der Waals surface area contributed by atoms with Crippen molar-refractivity contribution >= 4 is 5.97 Å². The van der Waals surface area contributed by atoms with Gasteiger partial charge in [-0.2, -0.15) is 0 Å². The Morgan fingerprint density at radius 2 is 1.70 bits per heavy atom. The molecule has 104 valence electrons. The van der Waals surface area contributed by atoms with E-state index in [2.05, 4.69) is 0 Å². The Bertz CT molecular complexity index is 621. The van der Waals surface area contributed by atoms with Crippen LogP contribution < -0.4 is 4.74 Å². The first-order valence-corrected chi connectivity index (χ1v) is 6.06. The number of phenols is 3. The molecule has 0 aliphatic carbocycles. The van der Waals surface area contributed by atoms with Gasteiger partial charge in [-0.1, -0.05) is 18.2 Å². The molecule has 2 rings (SSSR count). The summed E-state index contributed by atoms with van der Waals surface area (Å²) in [6.45, 7) is 0. The summed E-state index contributed by atoms with van der Waals surface area (Å²) in [5, 5.41) is 28.0. The number of benzene rings is 2. The summed E-state index contributed by atoms with van der Waals surface area (Å²) < 4.78 is 5.02. The van der Waals surface area contributed by atoms with E-state index in [1.54, 1.807) is 18.2 Å². The van der Waals surface area contributed by atoms with E-state index in [0.717, 1.165) is 0 Å². The van der Waals surface area contributed by atoms with Crippen LogP contribution in [0.15, 0.2) is 42.5 Å². The molecule has 0 bridgehead atoms. The van der Waals surface area contributed by atoms with Gasteiger partial charge in [-0.25, -0.2) is 0 Å². The van der Waals surface area contributed by atoms with Crippen LogP contribution in [0, 0.1) is 0 Å². The maximum Gasteiger partial charge on any atom is 0.311 e. The molecule has 0 atom stereocenters. The van der Waals surface area contributed by atoms with Crippen molar-refractivity contribution in [3.05, 3.63) is 48.0 Å². The summed E-state index contributed by atoms with van der Waals surface area (Å²) in [4.78, 5) is 11.6. The van der Waals surface area contributed by atoms with E-state index < -0.39 is 5.97 Å². The molecular weight excluding hydrogens is 260 g/mol. The predicted molar refractivity (Wildman–Crippen MR) is 71.8 cm³/mol. The van der Waals surface area contributed by atoms with Gasteiger partial charge in [0, 0.05) is 6.42 Å². The third kappa shape index (κ3) is 3.41. The van der Waals surface area contributed by atoms with Crippen LogP contribution in [0.1, 0.15) is 12.0 Å². The number of aromatic hydroxyl groups is 3. The Balaban J connectivity index is 1.92. The van der Waals surface area contributed by atoms with E-state index in [1.807, 2.05) is 0 Å². The summed E-state index contributed by atoms with van der Waals surface area (Å²) in [6, 6.07) is 10.6. The van der Waals surface area contributed by atoms with E-state index in [-0.39, 0.29) is 29.4 Å². The highest BCUT2D eigenvalue weighted by Gasteiger charge is 2.09. The van der Waals surface area contributed by atoms with Crippen LogP contribution in [-0.2, 0) is 11.2 Å². The van der Waals surface area contributed by atoms with E-state index in [9.17, 15) is 20.1 Å². The monoisotopic (exact) mass is 274 g/mol. The maximum absolute atomic E-state index is 11.6. The van der Waals surface area contributed by atoms with Crippen molar-refractivity contribution in [3.8, 4) is 23.0 Å². The van der Waals surface area contributed by atoms with Gasteiger partial charge in [0.25, 0.3) is 0 Å². The molecule has 0 aliphatic heterocycles. The van der Waals surface area contributed by atoms with Crippen LogP contribution in [0.4, 0.5) is 0 Å².